The lowest BCUT2D eigenvalue weighted by molar-refractivity contribution is -0.138. The van der Waals surface area contributed by atoms with Crippen molar-refractivity contribution in [2.45, 2.75) is 13.0 Å². The summed E-state index contributed by atoms with van der Waals surface area (Å²) in [5.41, 5.74) is 1.15. The van der Waals surface area contributed by atoms with Gasteiger partial charge >= 0.3 is 5.97 Å². The van der Waals surface area contributed by atoms with E-state index in [0.29, 0.717) is 165 Å². The van der Waals surface area contributed by atoms with Gasteiger partial charge in [0.2, 0.25) is 0 Å². The minimum atomic E-state index is -0.875. The van der Waals surface area contributed by atoms with Crippen LogP contribution in [0.2, 0.25) is 0 Å². The smallest absolute Gasteiger partial charge is 0.305 e. The lowest BCUT2D eigenvalue weighted by atomic mass is 10.2. The van der Waals surface area contributed by atoms with Crippen LogP contribution in [0, 0.1) is 0 Å². The molecule has 0 fully saturated rings. The number of carboxylic acid groups (broad SMARTS) is 1. The molecule has 0 aliphatic heterocycles. The van der Waals surface area contributed by atoms with Gasteiger partial charge in [-0.15, -0.1) is 0 Å². The SMILES string of the molecule is O=C(O)CCOCCOCCOCCOCCOCCOCCOCCOCCOCCOCCOCCOCCOCc1ccccc1. The molecule has 0 aliphatic rings. The Morgan fingerprint density at radius 3 is 0.816 bits per heavy atom. The third-order valence-corrected chi connectivity index (χ3v) is 6.04. The van der Waals surface area contributed by atoms with Crippen LogP contribution in [-0.4, -0.2) is 176 Å². The number of hydrogen-bond donors (Lipinski definition) is 1. The molecule has 0 aliphatic carbocycles. The molecule has 0 bridgehead atoms. The van der Waals surface area contributed by atoms with Crippen LogP contribution in [0.25, 0.3) is 0 Å². The number of carbonyl (C=O) groups is 1. The molecular formula is C34H60O15. The maximum Gasteiger partial charge on any atom is 0.305 e. The largest absolute Gasteiger partial charge is 0.481 e. The summed E-state index contributed by atoms with van der Waals surface area (Å²) in [6.07, 6.45) is -0.00333. The minimum Gasteiger partial charge on any atom is -0.481 e. The fourth-order valence-corrected chi connectivity index (χ4v) is 3.56. The Hall–Kier alpha value is -1.83. The molecule has 0 radical (unpaired) electrons. The summed E-state index contributed by atoms with van der Waals surface area (Å²) in [7, 11) is 0. The highest BCUT2D eigenvalue weighted by Gasteiger charge is 1.98. The molecule has 0 saturated carbocycles. The Labute approximate surface area is 291 Å². The molecule has 0 saturated heterocycles. The van der Waals surface area contributed by atoms with E-state index in [9.17, 15) is 4.79 Å². The van der Waals surface area contributed by atoms with Crippen molar-refractivity contribution in [2.24, 2.45) is 0 Å². The van der Waals surface area contributed by atoms with Crippen LogP contribution in [0.5, 0.6) is 0 Å². The second-order valence-corrected chi connectivity index (χ2v) is 10.0. The van der Waals surface area contributed by atoms with Crippen LogP contribution in [0.15, 0.2) is 30.3 Å². The Bertz CT molecular complexity index is 790. The van der Waals surface area contributed by atoms with Crippen molar-refractivity contribution in [3.8, 4) is 0 Å². The van der Waals surface area contributed by atoms with Crippen molar-refractivity contribution in [2.75, 3.05) is 165 Å². The average Bonchev–Trinajstić information content (AvgIpc) is 3.11. The standard InChI is InChI=1S/C34H60O15/c35-34(36)6-7-37-8-9-38-10-11-39-12-13-40-14-15-41-16-17-42-18-19-43-20-21-44-22-23-45-24-25-46-26-27-47-28-29-48-30-31-49-32-33-4-2-1-3-5-33/h1-5H,6-32H2,(H,35,36). The molecule has 1 aromatic rings. The summed E-state index contributed by atoms with van der Waals surface area (Å²) in [4.78, 5) is 10.3. The van der Waals surface area contributed by atoms with Crippen LogP contribution < -0.4 is 0 Å². The van der Waals surface area contributed by atoms with E-state index in [1.807, 2.05) is 30.3 Å². The van der Waals surface area contributed by atoms with E-state index in [0.717, 1.165) is 5.56 Å². The van der Waals surface area contributed by atoms with Gasteiger partial charge in [-0.3, -0.25) is 4.79 Å². The predicted molar refractivity (Wildman–Crippen MR) is 178 cm³/mol. The first-order chi connectivity index (χ1) is 24.3. The van der Waals surface area contributed by atoms with Crippen molar-refractivity contribution >= 4 is 5.97 Å². The van der Waals surface area contributed by atoms with Gasteiger partial charge in [0.25, 0.3) is 0 Å². The molecule has 0 atom stereocenters. The third kappa shape index (κ3) is 37.3. The van der Waals surface area contributed by atoms with Crippen LogP contribution in [-0.2, 0) is 73.0 Å². The van der Waals surface area contributed by atoms with Crippen molar-refractivity contribution < 1.29 is 71.5 Å². The molecule has 0 spiro atoms. The van der Waals surface area contributed by atoms with Gasteiger partial charge in [-0.1, -0.05) is 30.3 Å². The highest BCUT2D eigenvalue weighted by molar-refractivity contribution is 5.66. The minimum absolute atomic E-state index is 0.00333. The summed E-state index contributed by atoms with van der Waals surface area (Å²) >= 11 is 0. The van der Waals surface area contributed by atoms with E-state index in [2.05, 4.69) is 0 Å². The normalized spacial score (nSPS) is 11.4. The number of rotatable bonds is 41. The van der Waals surface area contributed by atoms with E-state index in [1.165, 1.54) is 0 Å². The number of ether oxygens (including phenoxy) is 13. The van der Waals surface area contributed by atoms with Crippen LogP contribution in [0.1, 0.15) is 12.0 Å². The molecule has 1 N–H and O–H groups in total. The zero-order valence-electron chi connectivity index (χ0n) is 29.1. The molecule has 15 nitrogen and oxygen atoms in total. The Kier molecular flexibility index (Phi) is 35.9. The van der Waals surface area contributed by atoms with Gasteiger partial charge in [-0.05, 0) is 5.56 Å². The lowest BCUT2D eigenvalue weighted by Gasteiger charge is -2.09. The third-order valence-electron chi connectivity index (χ3n) is 6.04. The summed E-state index contributed by atoms with van der Waals surface area (Å²) < 4.78 is 70.6. The number of aliphatic carboxylic acids is 1. The number of benzene rings is 1. The molecule has 286 valence electrons. The van der Waals surface area contributed by atoms with Gasteiger partial charge in [0, 0.05) is 0 Å². The van der Waals surface area contributed by atoms with Gasteiger partial charge in [0.1, 0.15) is 0 Å². The molecule has 1 rings (SSSR count). The summed E-state index contributed by atoms with van der Waals surface area (Å²) in [5.74, 6) is -0.875. The Morgan fingerprint density at radius 1 is 0.347 bits per heavy atom. The molecular weight excluding hydrogens is 648 g/mol. The lowest BCUT2D eigenvalue weighted by Crippen LogP contribution is -2.15. The van der Waals surface area contributed by atoms with Crippen LogP contribution >= 0.6 is 0 Å². The average molecular weight is 709 g/mol. The monoisotopic (exact) mass is 708 g/mol. The summed E-state index contributed by atoms with van der Waals surface area (Å²) in [5, 5.41) is 8.49. The van der Waals surface area contributed by atoms with E-state index in [-0.39, 0.29) is 13.0 Å². The van der Waals surface area contributed by atoms with Gasteiger partial charge in [-0.25, -0.2) is 0 Å². The fourth-order valence-electron chi connectivity index (χ4n) is 3.56. The van der Waals surface area contributed by atoms with Gasteiger partial charge < -0.3 is 66.7 Å². The van der Waals surface area contributed by atoms with E-state index in [1.54, 1.807) is 0 Å². The van der Waals surface area contributed by atoms with Gasteiger partial charge in [-0.2, -0.15) is 0 Å². The quantitative estimate of drug-likeness (QED) is 0.0983. The maximum atomic E-state index is 10.3. The molecule has 15 heteroatoms. The second kappa shape index (κ2) is 39.0. The fraction of sp³-hybridized carbons (Fsp3) is 0.794. The summed E-state index contributed by atoms with van der Waals surface area (Å²) in [6.45, 7) is 12.5. The van der Waals surface area contributed by atoms with Crippen LogP contribution in [0.4, 0.5) is 0 Å². The van der Waals surface area contributed by atoms with Gasteiger partial charge in [0.15, 0.2) is 0 Å². The summed E-state index contributed by atoms with van der Waals surface area (Å²) in [6, 6.07) is 10.1. The van der Waals surface area contributed by atoms with Gasteiger partial charge in [0.05, 0.1) is 178 Å². The molecule has 49 heavy (non-hydrogen) atoms. The molecule has 0 amide bonds. The zero-order chi connectivity index (χ0) is 35.0. The van der Waals surface area contributed by atoms with Crippen molar-refractivity contribution in [1.29, 1.82) is 0 Å². The highest BCUT2D eigenvalue weighted by atomic mass is 16.6. The molecule has 0 aromatic heterocycles. The zero-order valence-corrected chi connectivity index (χ0v) is 29.1. The first-order valence-electron chi connectivity index (χ1n) is 17.1. The highest BCUT2D eigenvalue weighted by Crippen LogP contribution is 2.00. The Balaban J connectivity index is 1.61. The van der Waals surface area contributed by atoms with Crippen LogP contribution in [0.3, 0.4) is 0 Å². The molecule has 0 unspecified atom stereocenters. The van der Waals surface area contributed by atoms with E-state index >= 15 is 0 Å². The van der Waals surface area contributed by atoms with E-state index in [4.69, 9.17) is 66.7 Å². The Morgan fingerprint density at radius 2 is 0.571 bits per heavy atom. The molecule has 0 heterocycles. The molecule has 1 aromatic carbocycles. The van der Waals surface area contributed by atoms with Crippen molar-refractivity contribution in [1.82, 2.24) is 0 Å². The number of carboxylic acids is 1. The van der Waals surface area contributed by atoms with Crippen molar-refractivity contribution in [3.63, 3.8) is 0 Å². The van der Waals surface area contributed by atoms with E-state index < -0.39 is 5.97 Å². The first-order valence-corrected chi connectivity index (χ1v) is 17.1. The number of hydrogen-bond acceptors (Lipinski definition) is 14. The first kappa shape index (κ1) is 45.2. The topological polar surface area (TPSA) is 157 Å². The maximum absolute atomic E-state index is 10.3. The second-order valence-electron chi connectivity index (χ2n) is 10.0. The van der Waals surface area contributed by atoms with Crippen molar-refractivity contribution in [3.05, 3.63) is 35.9 Å². The predicted octanol–water partition coefficient (Wildman–Crippen LogP) is 1.88.